The van der Waals surface area contributed by atoms with Gasteiger partial charge >= 0.3 is 0 Å². The molecule has 3 rings (SSSR count). The van der Waals surface area contributed by atoms with Gasteiger partial charge in [-0.3, -0.25) is 4.90 Å². The van der Waals surface area contributed by atoms with Crippen LogP contribution in [0.25, 0.3) is 0 Å². The fraction of sp³-hybridized carbons (Fsp3) is 0.583. The molecule has 2 aromatic heterocycles. The molecule has 0 unspecified atom stereocenters. The molecule has 2 N–H and O–H groups in total. The Morgan fingerprint density at radius 1 is 1.40 bits per heavy atom. The molecule has 110 valence electrons. The minimum Gasteiger partial charge on any atom is -0.375 e. The standard InChI is InChI=1S/C12H18N6S.ClH/c1-17-8-15-16-11(17)9-2-4-18(5-3-9)7-10-6-14-12(13)19-10;/h6,8-9H,2-5,7H2,1H3,(H2,13,14);1H. The van der Waals surface area contributed by atoms with Crippen LogP contribution in [0.3, 0.4) is 0 Å². The van der Waals surface area contributed by atoms with Crippen LogP contribution in [-0.4, -0.2) is 37.7 Å². The summed E-state index contributed by atoms with van der Waals surface area (Å²) in [7, 11) is 2.02. The van der Waals surface area contributed by atoms with Gasteiger partial charge in [0.25, 0.3) is 0 Å². The Labute approximate surface area is 128 Å². The zero-order valence-electron chi connectivity index (χ0n) is 11.4. The number of nitrogens with zero attached hydrogens (tertiary/aromatic N) is 5. The van der Waals surface area contributed by atoms with E-state index in [4.69, 9.17) is 5.73 Å². The van der Waals surface area contributed by atoms with E-state index in [1.807, 2.05) is 17.8 Å². The van der Waals surface area contributed by atoms with Crippen molar-refractivity contribution < 1.29 is 0 Å². The predicted octanol–water partition coefficient (Wildman–Crippen LogP) is 1.66. The molecule has 1 fully saturated rings. The number of likely N-dealkylation sites (tertiary alicyclic amines) is 1. The van der Waals surface area contributed by atoms with Crippen LogP contribution in [0.1, 0.15) is 29.5 Å². The third-order valence-electron chi connectivity index (χ3n) is 3.65. The van der Waals surface area contributed by atoms with Crippen molar-refractivity contribution in [3.8, 4) is 0 Å². The van der Waals surface area contributed by atoms with Crippen molar-refractivity contribution in [1.82, 2.24) is 24.6 Å². The summed E-state index contributed by atoms with van der Waals surface area (Å²) in [5, 5.41) is 8.84. The van der Waals surface area contributed by atoms with E-state index in [1.54, 1.807) is 17.7 Å². The Morgan fingerprint density at radius 3 is 2.70 bits per heavy atom. The molecular formula is C12H19ClN6S. The van der Waals surface area contributed by atoms with Crippen LogP contribution in [0.5, 0.6) is 0 Å². The van der Waals surface area contributed by atoms with Crippen molar-refractivity contribution in [1.29, 1.82) is 0 Å². The first-order valence-corrected chi connectivity index (χ1v) is 7.30. The van der Waals surface area contributed by atoms with Crippen LogP contribution < -0.4 is 5.73 Å². The van der Waals surface area contributed by atoms with E-state index in [9.17, 15) is 0 Å². The van der Waals surface area contributed by atoms with Crippen molar-refractivity contribution in [2.24, 2.45) is 7.05 Å². The number of aromatic nitrogens is 4. The zero-order valence-corrected chi connectivity index (χ0v) is 13.0. The van der Waals surface area contributed by atoms with Gasteiger partial charge in [-0.05, 0) is 25.9 Å². The Bertz CT molecular complexity index is 546. The second-order valence-corrected chi connectivity index (χ2v) is 6.16. The van der Waals surface area contributed by atoms with Gasteiger partial charge in [0, 0.05) is 30.6 Å². The summed E-state index contributed by atoms with van der Waals surface area (Å²) in [5.41, 5.74) is 5.66. The number of nitrogen functional groups attached to an aromatic ring is 1. The SMILES string of the molecule is Cl.Cn1cnnc1C1CCN(Cc2cnc(N)s2)CC1. The Morgan fingerprint density at radius 2 is 2.15 bits per heavy atom. The first-order valence-electron chi connectivity index (χ1n) is 6.49. The third kappa shape index (κ3) is 3.28. The fourth-order valence-corrected chi connectivity index (χ4v) is 3.35. The van der Waals surface area contributed by atoms with Crippen molar-refractivity contribution >= 4 is 28.9 Å². The molecule has 2 aromatic rings. The number of hydrogen-bond donors (Lipinski definition) is 1. The van der Waals surface area contributed by atoms with Crippen LogP contribution in [-0.2, 0) is 13.6 Å². The summed E-state index contributed by atoms with van der Waals surface area (Å²) in [6, 6.07) is 0. The van der Waals surface area contributed by atoms with Crippen molar-refractivity contribution in [3.63, 3.8) is 0 Å². The molecule has 6 nitrogen and oxygen atoms in total. The largest absolute Gasteiger partial charge is 0.375 e. The number of rotatable bonds is 3. The van der Waals surface area contributed by atoms with Crippen LogP contribution in [0.15, 0.2) is 12.5 Å². The van der Waals surface area contributed by atoms with Crippen LogP contribution >= 0.6 is 23.7 Å². The van der Waals surface area contributed by atoms with Crippen molar-refractivity contribution in [2.75, 3.05) is 18.8 Å². The molecule has 3 heterocycles. The highest BCUT2D eigenvalue weighted by Crippen LogP contribution is 2.27. The van der Waals surface area contributed by atoms with E-state index < -0.39 is 0 Å². The molecular weight excluding hydrogens is 296 g/mol. The highest BCUT2D eigenvalue weighted by molar-refractivity contribution is 7.15. The molecule has 0 bridgehead atoms. The number of piperidine rings is 1. The first kappa shape index (κ1) is 15.2. The van der Waals surface area contributed by atoms with Gasteiger partial charge in [0.2, 0.25) is 0 Å². The van der Waals surface area contributed by atoms with Gasteiger partial charge in [-0.1, -0.05) is 0 Å². The lowest BCUT2D eigenvalue weighted by Gasteiger charge is -2.30. The van der Waals surface area contributed by atoms with E-state index >= 15 is 0 Å². The Balaban J connectivity index is 0.00000147. The quantitative estimate of drug-likeness (QED) is 0.932. The maximum absolute atomic E-state index is 5.66. The van der Waals surface area contributed by atoms with Gasteiger partial charge in [0.15, 0.2) is 5.13 Å². The van der Waals surface area contributed by atoms with Gasteiger partial charge in [0.1, 0.15) is 12.2 Å². The molecule has 1 aliphatic heterocycles. The van der Waals surface area contributed by atoms with Crippen molar-refractivity contribution in [3.05, 3.63) is 23.2 Å². The molecule has 1 aliphatic rings. The lowest BCUT2D eigenvalue weighted by Crippen LogP contribution is -2.32. The summed E-state index contributed by atoms with van der Waals surface area (Å²) >= 11 is 1.58. The molecule has 0 spiro atoms. The summed E-state index contributed by atoms with van der Waals surface area (Å²) < 4.78 is 2.03. The highest BCUT2D eigenvalue weighted by atomic mass is 35.5. The number of anilines is 1. The lowest BCUT2D eigenvalue weighted by molar-refractivity contribution is 0.202. The van der Waals surface area contributed by atoms with Gasteiger partial charge in [-0.15, -0.1) is 33.9 Å². The van der Waals surface area contributed by atoms with E-state index in [1.165, 1.54) is 4.88 Å². The first-order chi connectivity index (χ1) is 9.22. The minimum absolute atomic E-state index is 0. The normalized spacial score (nSPS) is 17.1. The number of hydrogen-bond acceptors (Lipinski definition) is 6. The molecule has 0 amide bonds. The van der Waals surface area contributed by atoms with Gasteiger partial charge < -0.3 is 10.3 Å². The topological polar surface area (TPSA) is 72.9 Å². The monoisotopic (exact) mass is 314 g/mol. The number of nitrogens with two attached hydrogens (primary N) is 1. The molecule has 1 saturated heterocycles. The predicted molar refractivity (Wildman–Crippen MR) is 82.0 cm³/mol. The van der Waals surface area contributed by atoms with Gasteiger partial charge in [-0.2, -0.15) is 0 Å². The van der Waals surface area contributed by atoms with Crippen LogP contribution in [0.2, 0.25) is 0 Å². The molecule has 0 aromatic carbocycles. The molecule has 0 saturated carbocycles. The Kier molecular flexibility index (Phi) is 4.95. The highest BCUT2D eigenvalue weighted by Gasteiger charge is 2.24. The molecule has 0 aliphatic carbocycles. The number of halogens is 1. The fourth-order valence-electron chi connectivity index (χ4n) is 2.63. The molecule has 0 atom stereocenters. The average molecular weight is 315 g/mol. The molecule has 8 heteroatoms. The van der Waals surface area contributed by atoms with Gasteiger partial charge in [0.05, 0.1) is 0 Å². The van der Waals surface area contributed by atoms with E-state index in [-0.39, 0.29) is 12.4 Å². The second kappa shape index (κ2) is 6.51. The average Bonchev–Trinajstić information content (AvgIpc) is 3.00. The van der Waals surface area contributed by atoms with Crippen molar-refractivity contribution in [2.45, 2.75) is 25.3 Å². The Hall–Kier alpha value is -1.18. The zero-order chi connectivity index (χ0) is 13.2. The molecule has 0 radical (unpaired) electrons. The smallest absolute Gasteiger partial charge is 0.180 e. The van der Waals surface area contributed by atoms with Gasteiger partial charge in [-0.25, -0.2) is 4.98 Å². The third-order valence-corrected chi connectivity index (χ3v) is 4.46. The van der Waals surface area contributed by atoms with E-state index in [0.29, 0.717) is 11.0 Å². The number of thiazole rings is 1. The summed E-state index contributed by atoms with van der Waals surface area (Å²) in [4.78, 5) is 7.80. The lowest BCUT2D eigenvalue weighted by atomic mass is 9.96. The van der Waals surface area contributed by atoms with Crippen LogP contribution in [0.4, 0.5) is 5.13 Å². The van der Waals surface area contributed by atoms with E-state index in [2.05, 4.69) is 20.1 Å². The number of aryl methyl sites for hydroxylation is 1. The minimum atomic E-state index is 0. The van der Waals surface area contributed by atoms with E-state index in [0.717, 1.165) is 38.3 Å². The summed E-state index contributed by atoms with van der Waals surface area (Å²) in [6.07, 6.45) is 5.94. The molecule has 20 heavy (non-hydrogen) atoms. The summed E-state index contributed by atoms with van der Waals surface area (Å²) in [6.45, 7) is 3.14. The van der Waals surface area contributed by atoms with Crippen LogP contribution in [0, 0.1) is 0 Å². The second-order valence-electron chi connectivity index (χ2n) is 5.02. The maximum Gasteiger partial charge on any atom is 0.180 e. The maximum atomic E-state index is 5.66. The summed E-state index contributed by atoms with van der Waals surface area (Å²) in [5.74, 6) is 1.65.